The van der Waals surface area contributed by atoms with E-state index in [1.165, 1.54) is 13.2 Å². The van der Waals surface area contributed by atoms with Gasteiger partial charge >= 0.3 is 12.1 Å². The molecule has 2 unspecified atom stereocenters. The molecule has 1 aliphatic rings. The molecular formula is C14H16F3NO2. The van der Waals surface area contributed by atoms with Crippen molar-refractivity contribution in [1.29, 1.82) is 0 Å². The molecule has 1 aliphatic heterocycles. The Morgan fingerprint density at radius 3 is 2.75 bits per heavy atom. The van der Waals surface area contributed by atoms with E-state index >= 15 is 0 Å². The number of carbonyl (C=O) groups excluding carboxylic acids is 1. The largest absolute Gasteiger partial charge is 0.469 e. The van der Waals surface area contributed by atoms with Gasteiger partial charge in [-0.2, -0.15) is 13.2 Å². The van der Waals surface area contributed by atoms with Gasteiger partial charge in [-0.1, -0.05) is 25.1 Å². The number of hydrogen-bond acceptors (Lipinski definition) is 3. The van der Waals surface area contributed by atoms with Gasteiger partial charge in [-0.3, -0.25) is 4.79 Å². The van der Waals surface area contributed by atoms with Gasteiger partial charge in [0, 0.05) is 18.5 Å². The summed E-state index contributed by atoms with van der Waals surface area (Å²) < 4.78 is 43.1. The average Bonchev–Trinajstić information content (AvgIpc) is 2.80. The quantitative estimate of drug-likeness (QED) is 0.849. The lowest BCUT2D eigenvalue weighted by molar-refractivity contribution is -0.146. The fourth-order valence-electron chi connectivity index (χ4n) is 2.66. The van der Waals surface area contributed by atoms with Gasteiger partial charge in [0.05, 0.1) is 18.6 Å². The zero-order valence-corrected chi connectivity index (χ0v) is 11.3. The molecule has 0 amide bonds. The molecule has 0 bridgehead atoms. The Labute approximate surface area is 115 Å². The summed E-state index contributed by atoms with van der Waals surface area (Å²) in [6.07, 6.45) is -4.39. The molecule has 20 heavy (non-hydrogen) atoms. The number of nitrogens with one attached hydrogen (secondary N) is 1. The van der Waals surface area contributed by atoms with Crippen molar-refractivity contribution in [1.82, 2.24) is 5.32 Å². The number of ether oxygens (including phenoxy) is 1. The number of hydrogen-bond donors (Lipinski definition) is 1. The molecule has 1 aromatic carbocycles. The number of methoxy groups -OCH3 is 1. The molecule has 1 fully saturated rings. The Bertz CT molecular complexity index is 515. The van der Waals surface area contributed by atoms with E-state index in [0.29, 0.717) is 18.7 Å². The van der Waals surface area contributed by atoms with Crippen molar-refractivity contribution in [2.45, 2.75) is 18.5 Å². The highest BCUT2D eigenvalue weighted by Gasteiger charge is 2.45. The first kappa shape index (κ1) is 14.8. The predicted octanol–water partition coefficient (Wildman–Crippen LogP) is 2.36. The molecular weight excluding hydrogens is 271 g/mol. The maximum absolute atomic E-state index is 12.8. The normalized spacial score (nSPS) is 26.6. The molecule has 2 rings (SSSR count). The van der Waals surface area contributed by atoms with Crippen molar-refractivity contribution in [3.8, 4) is 0 Å². The van der Waals surface area contributed by atoms with E-state index in [2.05, 4.69) is 5.32 Å². The maximum Gasteiger partial charge on any atom is 0.416 e. The molecule has 2 atom stereocenters. The van der Waals surface area contributed by atoms with E-state index in [-0.39, 0.29) is 0 Å². The van der Waals surface area contributed by atoms with Crippen LogP contribution in [0, 0.1) is 5.92 Å². The molecule has 1 heterocycles. The van der Waals surface area contributed by atoms with Crippen LogP contribution in [0.1, 0.15) is 18.1 Å². The topological polar surface area (TPSA) is 38.3 Å². The first-order chi connectivity index (χ1) is 9.29. The summed E-state index contributed by atoms with van der Waals surface area (Å²) in [5, 5.41) is 3.05. The van der Waals surface area contributed by atoms with Crippen LogP contribution >= 0.6 is 0 Å². The summed E-state index contributed by atoms with van der Waals surface area (Å²) >= 11 is 0. The van der Waals surface area contributed by atoms with E-state index in [9.17, 15) is 18.0 Å². The zero-order chi connectivity index (χ0) is 15.0. The number of alkyl halides is 3. The van der Waals surface area contributed by atoms with Gasteiger partial charge in [0.15, 0.2) is 0 Å². The van der Waals surface area contributed by atoms with E-state index in [1.54, 1.807) is 13.0 Å². The summed E-state index contributed by atoms with van der Waals surface area (Å²) in [5.74, 6) is -0.897. The van der Waals surface area contributed by atoms with Crippen molar-refractivity contribution in [2.75, 3.05) is 20.2 Å². The van der Waals surface area contributed by atoms with Crippen molar-refractivity contribution in [2.24, 2.45) is 5.92 Å². The van der Waals surface area contributed by atoms with Crippen LogP contribution in [0.25, 0.3) is 0 Å². The Hall–Kier alpha value is -1.56. The standard InChI is InChI=1S/C14H16F3NO2/c1-13(8-18-7-11(13)12(19)20-2)9-4-3-5-10(6-9)14(15,16)17/h3-6,11,18H,7-8H2,1-2H3. The molecule has 0 aromatic heterocycles. The molecule has 6 heteroatoms. The predicted molar refractivity (Wildman–Crippen MR) is 67.2 cm³/mol. The summed E-state index contributed by atoms with van der Waals surface area (Å²) in [5.41, 5.74) is -0.909. The molecule has 1 aromatic rings. The van der Waals surface area contributed by atoms with Crippen LogP contribution in [0.15, 0.2) is 24.3 Å². The second-order valence-electron chi connectivity index (χ2n) is 5.20. The fraction of sp³-hybridized carbons (Fsp3) is 0.500. The van der Waals surface area contributed by atoms with Crippen LogP contribution in [0.4, 0.5) is 13.2 Å². The van der Waals surface area contributed by atoms with Gasteiger partial charge in [-0.15, -0.1) is 0 Å². The molecule has 3 nitrogen and oxygen atoms in total. The monoisotopic (exact) mass is 287 g/mol. The first-order valence-corrected chi connectivity index (χ1v) is 6.25. The minimum atomic E-state index is -4.39. The van der Waals surface area contributed by atoms with E-state index in [1.807, 2.05) is 0 Å². The smallest absolute Gasteiger partial charge is 0.416 e. The van der Waals surface area contributed by atoms with E-state index in [4.69, 9.17) is 4.74 Å². The Kier molecular flexibility index (Phi) is 3.77. The Morgan fingerprint density at radius 2 is 2.15 bits per heavy atom. The van der Waals surface area contributed by atoms with Crippen LogP contribution in [0.3, 0.4) is 0 Å². The lowest BCUT2D eigenvalue weighted by Gasteiger charge is -2.30. The summed E-state index contributed by atoms with van der Waals surface area (Å²) in [7, 11) is 1.28. The molecule has 0 spiro atoms. The van der Waals surface area contributed by atoms with Gasteiger partial charge in [0.1, 0.15) is 0 Å². The Morgan fingerprint density at radius 1 is 1.45 bits per heavy atom. The van der Waals surface area contributed by atoms with Gasteiger partial charge in [-0.05, 0) is 11.6 Å². The molecule has 110 valence electrons. The van der Waals surface area contributed by atoms with Gasteiger partial charge in [0.2, 0.25) is 0 Å². The number of rotatable bonds is 2. The van der Waals surface area contributed by atoms with Crippen LogP contribution in [-0.4, -0.2) is 26.2 Å². The third-order valence-electron chi connectivity index (χ3n) is 3.94. The fourth-order valence-corrected chi connectivity index (χ4v) is 2.66. The highest BCUT2D eigenvalue weighted by atomic mass is 19.4. The SMILES string of the molecule is COC(=O)C1CNCC1(C)c1cccc(C(F)(F)F)c1. The second-order valence-corrected chi connectivity index (χ2v) is 5.20. The summed E-state index contributed by atoms with van der Waals surface area (Å²) in [4.78, 5) is 11.8. The van der Waals surface area contributed by atoms with Gasteiger partial charge < -0.3 is 10.1 Å². The highest BCUT2D eigenvalue weighted by molar-refractivity contribution is 5.75. The second kappa shape index (κ2) is 5.09. The van der Waals surface area contributed by atoms with Gasteiger partial charge in [-0.25, -0.2) is 0 Å². The van der Waals surface area contributed by atoms with Crippen molar-refractivity contribution in [3.63, 3.8) is 0 Å². The van der Waals surface area contributed by atoms with E-state index < -0.39 is 29.0 Å². The maximum atomic E-state index is 12.8. The lowest BCUT2D eigenvalue weighted by Crippen LogP contribution is -2.37. The Balaban J connectivity index is 2.41. The number of halogens is 3. The molecule has 0 aliphatic carbocycles. The summed E-state index contributed by atoms with van der Waals surface area (Å²) in [6, 6.07) is 5.14. The molecule has 1 saturated heterocycles. The zero-order valence-electron chi connectivity index (χ0n) is 11.3. The number of esters is 1. The van der Waals surface area contributed by atoms with Crippen LogP contribution in [-0.2, 0) is 21.1 Å². The summed E-state index contributed by atoms with van der Waals surface area (Å²) in [6.45, 7) is 2.62. The van der Waals surface area contributed by atoms with Crippen LogP contribution < -0.4 is 5.32 Å². The average molecular weight is 287 g/mol. The molecule has 1 N–H and O–H groups in total. The van der Waals surface area contributed by atoms with E-state index in [0.717, 1.165) is 12.1 Å². The molecule has 0 radical (unpaired) electrons. The number of carbonyl (C=O) groups is 1. The van der Waals surface area contributed by atoms with Gasteiger partial charge in [0.25, 0.3) is 0 Å². The minimum absolute atomic E-state index is 0.402. The third-order valence-corrected chi connectivity index (χ3v) is 3.94. The highest BCUT2D eigenvalue weighted by Crippen LogP contribution is 2.38. The lowest BCUT2D eigenvalue weighted by atomic mass is 9.74. The first-order valence-electron chi connectivity index (χ1n) is 6.25. The minimum Gasteiger partial charge on any atom is -0.469 e. The van der Waals surface area contributed by atoms with Crippen molar-refractivity contribution in [3.05, 3.63) is 35.4 Å². The van der Waals surface area contributed by atoms with Crippen LogP contribution in [0.2, 0.25) is 0 Å². The van der Waals surface area contributed by atoms with Crippen molar-refractivity contribution < 1.29 is 22.7 Å². The third kappa shape index (κ3) is 2.52. The molecule has 0 saturated carbocycles. The van der Waals surface area contributed by atoms with Crippen LogP contribution in [0.5, 0.6) is 0 Å². The number of benzene rings is 1. The van der Waals surface area contributed by atoms with Crippen molar-refractivity contribution >= 4 is 5.97 Å².